The van der Waals surface area contributed by atoms with Crippen LogP contribution in [0.4, 0.5) is 17.2 Å². The number of halogens is 1. The molecule has 0 radical (unpaired) electrons. The Kier molecular flexibility index (Phi) is 4.21. The van der Waals surface area contributed by atoms with Gasteiger partial charge in [-0.2, -0.15) is 0 Å². The minimum Gasteiger partial charge on any atom is -0.384 e. The van der Waals surface area contributed by atoms with E-state index in [4.69, 9.17) is 17.3 Å². The molecule has 0 unspecified atom stereocenters. The maximum Gasteiger partial charge on any atom is 0.139 e. The number of aromatic nitrogens is 4. The second-order valence-electron chi connectivity index (χ2n) is 7.05. The van der Waals surface area contributed by atoms with E-state index < -0.39 is 0 Å². The summed E-state index contributed by atoms with van der Waals surface area (Å²) in [6, 6.07) is 18.1. The standard InChI is InChI=1S/C22H19ClN6/c1-14-26-27-22-10-11-28(18-6-4-17(23)5-7-18)20-12-15(2-8-19(20)29(14)22)16-3-9-21(24)25-13-16/h2-9,12-13H,10-11H2,1H3,(H2,24,25). The van der Waals surface area contributed by atoms with Gasteiger partial charge in [-0.15, -0.1) is 10.2 Å². The molecule has 0 bridgehead atoms. The molecule has 3 heterocycles. The highest BCUT2D eigenvalue weighted by Gasteiger charge is 2.24. The van der Waals surface area contributed by atoms with Crippen LogP contribution in [0.5, 0.6) is 0 Å². The van der Waals surface area contributed by atoms with E-state index in [-0.39, 0.29) is 0 Å². The van der Waals surface area contributed by atoms with Crippen molar-refractivity contribution in [1.29, 1.82) is 0 Å². The average molecular weight is 403 g/mol. The van der Waals surface area contributed by atoms with Crippen molar-refractivity contribution < 1.29 is 0 Å². The molecule has 0 atom stereocenters. The summed E-state index contributed by atoms with van der Waals surface area (Å²) in [6.45, 7) is 2.77. The third-order valence-corrected chi connectivity index (χ3v) is 5.47. The van der Waals surface area contributed by atoms with E-state index >= 15 is 0 Å². The molecule has 0 amide bonds. The quantitative estimate of drug-likeness (QED) is 0.531. The van der Waals surface area contributed by atoms with E-state index in [1.807, 2.05) is 43.3 Å². The molecule has 0 spiro atoms. The molecule has 0 aliphatic carbocycles. The molecule has 0 saturated heterocycles. The maximum absolute atomic E-state index is 6.12. The van der Waals surface area contributed by atoms with Gasteiger partial charge in [-0.25, -0.2) is 4.98 Å². The van der Waals surface area contributed by atoms with Crippen molar-refractivity contribution >= 4 is 28.8 Å². The van der Waals surface area contributed by atoms with Crippen LogP contribution >= 0.6 is 11.6 Å². The predicted molar refractivity (Wildman–Crippen MR) is 116 cm³/mol. The fraction of sp³-hybridized carbons (Fsp3) is 0.136. The molecule has 2 aromatic carbocycles. The van der Waals surface area contributed by atoms with Crippen LogP contribution in [0.25, 0.3) is 16.8 Å². The highest BCUT2D eigenvalue weighted by molar-refractivity contribution is 6.30. The number of hydrogen-bond donors (Lipinski definition) is 1. The summed E-state index contributed by atoms with van der Waals surface area (Å²) in [5.41, 5.74) is 11.1. The number of anilines is 3. The molecule has 5 rings (SSSR count). The van der Waals surface area contributed by atoms with Gasteiger partial charge >= 0.3 is 0 Å². The third-order valence-electron chi connectivity index (χ3n) is 5.22. The highest BCUT2D eigenvalue weighted by Crippen LogP contribution is 2.38. The second-order valence-corrected chi connectivity index (χ2v) is 7.49. The average Bonchev–Trinajstić information content (AvgIpc) is 3.01. The van der Waals surface area contributed by atoms with Crippen LogP contribution in [0.1, 0.15) is 11.6 Å². The fourth-order valence-electron chi connectivity index (χ4n) is 3.79. The number of rotatable bonds is 2. The maximum atomic E-state index is 6.12. The van der Waals surface area contributed by atoms with Gasteiger partial charge in [0.15, 0.2) is 0 Å². The number of hydrogen-bond acceptors (Lipinski definition) is 5. The normalized spacial score (nSPS) is 13.0. The van der Waals surface area contributed by atoms with Gasteiger partial charge in [-0.3, -0.25) is 4.57 Å². The molecule has 1 aliphatic heterocycles. The molecular weight excluding hydrogens is 384 g/mol. The molecule has 7 heteroatoms. The molecule has 1 aliphatic rings. The summed E-state index contributed by atoms with van der Waals surface area (Å²) in [5.74, 6) is 2.35. The van der Waals surface area contributed by atoms with Crippen LogP contribution in [0.3, 0.4) is 0 Å². The lowest BCUT2D eigenvalue weighted by atomic mass is 10.0. The van der Waals surface area contributed by atoms with Crippen LogP contribution in [0, 0.1) is 6.92 Å². The molecule has 0 fully saturated rings. The van der Waals surface area contributed by atoms with Crippen molar-refractivity contribution in [1.82, 2.24) is 19.7 Å². The molecule has 29 heavy (non-hydrogen) atoms. The Morgan fingerprint density at radius 3 is 2.48 bits per heavy atom. The molecule has 0 saturated carbocycles. The molecule has 2 N–H and O–H groups in total. The van der Waals surface area contributed by atoms with Crippen LogP contribution in [0.2, 0.25) is 5.02 Å². The van der Waals surface area contributed by atoms with E-state index in [1.54, 1.807) is 6.20 Å². The summed E-state index contributed by atoms with van der Waals surface area (Å²) in [6.07, 6.45) is 2.59. The van der Waals surface area contributed by atoms with Crippen molar-refractivity contribution in [2.45, 2.75) is 13.3 Å². The first-order chi connectivity index (χ1) is 14.1. The lowest BCUT2D eigenvalue weighted by Crippen LogP contribution is -2.19. The summed E-state index contributed by atoms with van der Waals surface area (Å²) in [5, 5.41) is 9.40. The van der Waals surface area contributed by atoms with E-state index in [0.29, 0.717) is 5.82 Å². The highest BCUT2D eigenvalue weighted by atomic mass is 35.5. The Hall–Kier alpha value is -3.38. The van der Waals surface area contributed by atoms with Crippen molar-refractivity contribution in [3.63, 3.8) is 0 Å². The van der Waals surface area contributed by atoms with Crippen molar-refractivity contribution in [2.75, 3.05) is 17.2 Å². The second kappa shape index (κ2) is 6.90. The Balaban J connectivity index is 1.71. The number of nitrogens with two attached hydrogens (primary N) is 1. The van der Waals surface area contributed by atoms with Crippen LogP contribution in [0.15, 0.2) is 60.8 Å². The SMILES string of the molecule is Cc1nnc2n1-c1ccc(-c3ccc(N)nc3)cc1N(c1ccc(Cl)cc1)CC2. The third kappa shape index (κ3) is 3.11. The zero-order chi connectivity index (χ0) is 20.0. The van der Waals surface area contributed by atoms with Gasteiger partial charge < -0.3 is 10.6 Å². The smallest absolute Gasteiger partial charge is 0.139 e. The molecule has 144 valence electrons. The van der Waals surface area contributed by atoms with E-state index in [2.05, 4.69) is 42.8 Å². The molecule has 4 aromatic rings. The lowest BCUT2D eigenvalue weighted by Gasteiger charge is -2.26. The first-order valence-electron chi connectivity index (χ1n) is 9.40. The first kappa shape index (κ1) is 17.7. The number of aryl methyl sites for hydroxylation is 1. The zero-order valence-electron chi connectivity index (χ0n) is 15.9. The monoisotopic (exact) mass is 402 g/mol. The Labute approximate surface area is 173 Å². The molecular formula is C22H19ClN6. The lowest BCUT2D eigenvalue weighted by molar-refractivity contribution is 0.838. The molecule has 2 aromatic heterocycles. The summed E-state index contributed by atoms with van der Waals surface area (Å²) in [4.78, 5) is 6.54. The number of benzene rings is 2. The Bertz CT molecular complexity index is 1180. The number of pyridine rings is 1. The van der Waals surface area contributed by atoms with Gasteiger partial charge in [0.05, 0.1) is 11.4 Å². The minimum absolute atomic E-state index is 0.510. The summed E-state index contributed by atoms with van der Waals surface area (Å²) >= 11 is 6.12. The number of fused-ring (bicyclic) bond motifs is 3. The summed E-state index contributed by atoms with van der Waals surface area (Å²) in [7, 11) is 0. The van der Waals surface area contributed by atoms with Crippen LogP contribution in [-0.4, -0.2) is 26.3 Å². The van der Waals surface area contributed by atoms with Gasteiger partial charge in [0, 0.05) is 35.4 Å². The van der Waals surface area contributed by atoms with Gasteiger partial charge in [0.2, 0.25) is 0 Å². The van der Waals surface area contributed by atoms with E-state index in [1.165, 1.54) is 0 Å². The zero-order valence-corrected chi connectivity index (χ0v) is 16.6. The van der Waals surface area contributed by atoms with Gasteiger partial charge in [0.1, 0.15) is 17.5 Å². The van der Waals surface area contributed by atoms with E-state index in [0.717, 1.165) is 57.8 Å². The van der Waals surface area contributed by atoms with Crippen LogP contribution < -0.4 is 10.6 Å². The van der Waals surface area contributed by atoms with Crippen LogP contribution in [-0.2, 0) is 6.42 Å². The summed E-state index contributed by atoms with van der Waals surface area (Å²) < 4.78 is 2.14. The van der Waals surface area contributed by atoms with Gasteiger partial charge in [-0.1, -0.05) is 17.7 Å². The van der Waals surface area contributed by atoms with Crippen molar-refractivity contribution in [3.8, 4) is 16.8 Å². The van der Waals surface area contributed by atoms with E-state index in [9.17, 15) is 0 Å². The van der Waals surface area contributed by atoms with Gasteiger partial charge in [-0.05, 0) is 61.0 Å². The van der Waals surface area contributed by atoms with Crippen molar-refractivity contribution in [3.05, 3.63) is 77.5 Å². The minimum atomic E-state index is 0.510. The topological polar surface area (TPSA) is 72.9 Å². The number of nitrogen functional groups attached to an aromatic ring is 1. The Morgan fingerprint density at radius 1 is 0.931 bits per heavy atom. The Morgan fingerprint density at radius 2 is 1.72 bits per heavy atom. The first-order valence-corrected chi connectivity index (χ1v) is 9.78. The largest absolute Gasteiger partial charge is 0.384 e. The fourth-order valence-corrected chi connectivity index (χ4v) is 3.91. The molecule has 6 nitrogen and oxygen atoms in total. The van der Waals surface area contributed by atoms with Crippen molar-refractivity contribution in [2.24, 2.45) is 0 Å². The number of nitrogens with zero attached hydrogens (tertiary/aromatic N) is 5. The van der Waals surface area contributed by atoms with Gasteiger partial charge in [0.25, 0.3) is 0 Å². The predicted octanol–water partition coefficient (Wildman–Crippen LogP) is 4.57.